The maximum Gasteiger partial charge on any atom is 0.329 e. The number of amides is 3. The molecule has 1 aliphatic heterocycles. The Kier molecular flexibility index (Phi) is 3.77. The number of piperazine rings is 1. The fourth-order valence-corrected chi connectivity index (χ4v) is 2.19. The Bertz CT molecular complexity index is 658. The topological polar surface area (TPSA) is 105 Å². The molecule has 0 aromatic carbocycles. The highest BCUT2D eigenvalue weighted by molar-refractivity contribution is 5.92. The molecule has 1 saturated heterocycles. The van der Waals surface area contributed by atoms with Gasteiger partial charge in [-0.2, -0.15) is 4.98 Å². The van der Waals surface area contributed by atoms with Crippen LogP contribution in [0.5, 0.6) is 0 Å². The van der Waals surface area contributed by atoms with Gasteiger partial charge in [0.1, 0.15) is 0 Å². The van der Waals surface area contributed by atoms with Crippen molar-refractivity contribution in [3.05, 3.63) is 30.0 Å². The maximum absolute atomic E-state index is 12.1. The van der Waals surface area contributed by atoms with Gasteiger partial charge in [-0.25, -0.2) is 4.79 Å². The number of nitrogens with one attached hydrogen (secondary N) is 1. The number of aryl methyl sites for hydroxylation is 1. The predicted octanol–water partition coefficient (Wildman–Crippen LogP) is 0.961. The summed E-state index contributed by atoms with van der Waals surface area (Å²) in [6, 6.07) is 3.04. The third-order valence-electron chi connectivity index (χ3n) is 3.33. The molecule has 3 rings (SSSR count). The van der Waals surface area contributed by atoms with Gasteiger partial charge >= 0.3 is 12.0 Å². The van der Waals surface area contributed by atoms with E-state index in [0.29, 0.717) is 37.8 Å². The van der Waals surface area contributed by atoms with Gasteiger partial charge in [-0.05, 0) is 19.1 Å². The van der Waals surface area contributed by atoms with Crippen molar-refractivity contribution in [2.45, 2.75) is 6.92 Å². The summed E-state index contributed by atoms with van der Waals surface area (Å²) in [5, 5.41) is 6.12. The molecule has 0 unspecified atom stereocenters. The summed E-state index contributed by atoms with van der Waals surface area (Å²) >= 11 is 0. The van der Waals surface area contributed by atoms with Crippen LogP contribution in [0.2, 0.25) is 0 Å². The quantitative estimate of drug-likeness (QED) is 0.886. The first-order chi connectivity index (χ1) is 10.6. The Morgan fingerprint density at radius 3 is 2.55 bits per heavy atom. The summed E-state index contributed by atoms with van der Waals surface area (Å²) in [4.78, 5) is 31.3. The van der Waals surface area contributed by atoms with Crippen LogP contribution in [0.3, 0.4) is 0 Å². The van der Waals surface area contributed by atoms with E-state index >= 15 is 0 Å². The SMILES string of the molecule is Cc1noc(NC(=O)N2CCN(C(=O)c3ccco3)CC2)n1. The van der Waals surface area contributed by atoms with Crippen LogP contribution in [0.4, 0.5) is 10.8 Å². The minimum Gasteiger partial charge on any atom is -0.459 e. The van der Waals surface area contributed by atoms with E-state index in [0.717, 1.165) is 0 Å². The third kappa shape index (κ3) is 2.92. The monoisotopic (exact) mass is 305 g/mol. The molecule has 0 atom stereocenters. The molecule has 0 radical (unpaired) electrons. The van der Waals surface area contributed by atoms with Crippen molar-refractivity contribution in [3.8, 4) is 0 Å². The molecule has 1 fully saturated rings. The van der Waals surface area contributed by atoms with Crippen LogP contribution in [0, 0.1) is 6.92 Å². The third-order valence-corrected chi connectivity index (χ3v) is 3.33. The van der Waals surface area contributed by atoms with Crippen LogP contribution in [-0.4, -0.2) is 58.1 Å². The molecule has 1 N–H and O–H groups in total. The lowest BCUT2D eigenvalue weighted by Gasteiger charge is -2.33. The van der Waals surface area contributed by atoms with Gasteiger partial charge < -0.3 is 18.7 Å². The summed E-state index contributed by atoms with van der Waals surface area (Å²) in [7, 11) is 0. The van der Waals surface area contributed by atoms with Crippen molar-refractivity contribution < 1.29 is 18.5 Å². The summed E-state index contributed by atoms with van der Waals surface area (Å²) in [6.45, 7) is 3.39. The van der Waals surface area contributed by atoms with E-state index in [2.05, 4.69) is 15.5 Å². The zero-order valence-corrected chi connectivity index (χ0v) is 12.0. The molecule has 3 heterocycles. The highest BCUT2D eigenvalue weighted by Crippen LogP contribution is 2.11. The molecule has 0 spiro atoms. The van der Waals surface area contributed by atoms with Gasteiger partial charge in [0.25, 0.3) is 5.91 Å². The number of carbonyl (C=O) groups excluding carboxylic acids is 2. The average Bonchev–Trinajstić information content (AvgIpc) is 3.18. The molecule has 2 aromatic rings. The molecular weight excluding hydrogens is 290 g/mol. The van der Waals surface area contributed by atoms with Crippen LogP contribution >= 0.6 is 0 Å². The van der Waals surface area contributed by atoms with Gasteiger partial charge in [0.2, 0.25) is 0 Å². The smallest absolute Gasteiger partial charge is 0.329 e. The first-order valence-electron chi connectivity index (χ1n) is 6.82. The van der Waals surface area contributed by atoms with Gasteiger partial charge in [-0.1, -0.05) is 5.16 Å². The number of urea groups is 1. The Hall–Kier alpha value is -2.84. The first kappa shape index (κ1) is 14.1. The van der Waals surface area contributed by atoms with Crippen LogP contribution < -0.4 is 5.32 Å². The van der Waals surface area contributed by atoms with Gasteiger partial charge in [0.05, 0.1) is 6.26 Å². The minimum absolute atomic E-state index is 0.0663. The number of hydrogen-bond acceptors (Lipinski definition) is 6. The van der Waals surface area contributed by atoms with E-state index in [9.17, 15) is 9.59 Å². The second kappa shape index (κ2) is 5.88. The van der Waals surface area contributed by atoms with Crippen molar-refractivity contribution in [1.29, 1.82) is 0 Å². The fraction of sp³-hybridized carbons (Fsp3) is 0.385. The van der Waals surface area contributed by atoms with Crippen molar-refractivity contribution in [1.82, 2.24) is 19.9 Å². The van der Waals surface area contributed by atoms with Crippen LogP contribution in [-0.2, 0) is 0 Å². The van der Waals surface area contributed by atoms with Crippen molar-refractivity contribution in [2.24, 2.45) is 0 Å². The van der Waals surface area contributed by atoms with Crippen LogP contribution in [0.1, 0.15) is 16.4 Å². The maximum atomic E-state index is 12.1. The molecular formula is C13H15N5O4. The molecule has 9 heteroatoms. The number of anilines is 1. The van der Waals surface area contributed by atoms with Crippen molar-refractivity contribution in [3.63, 3.8) is 0 Å². The van der Waals surface area contributed by atoms with E-state index in [1.807, 2.05) is 0 Å². The lowest BCUT2D eigenvalue weighted by atomic mass is 10.3. The van der Waals surface area contributed by atoms with Gasteiger partial charge in [0.15, 0.2) is 11.6 Å². The van der Waals surface area contributed by atoms with Crippen molar-refractivity contribution >= 4 is 18.0 Å². The summed E-state index contributed by atoms with van der Waals surface area (Å²) in [5.74, 6) is 0.584. The Morgan fingerprint density at radius 1 is 1.23 bits per heavy atom. The number of carbonyl (C=O) groups is 2. The number of hydrogen-bond donors (Lipinski definition) is 1. The lowest BCUT2D eigenvalue weighted by Crippen LogP contribution is -2.51. The second-order valence-corrected chi connectivity index (χ2v) is 4.83. The minimum atomic E-state index is -0.325. The van der Waals surface area contributed by atoms with Crippen LogP contribution in [0.25, 0.3) is 0 Å². The predicted molar refractivity (Wildman–Crippen MR) is 74.2 cm³/mol. The zero-order valence-electron chi connectivity index (χ0n) is 12.0. The molecule has 116 valence electrons. The Morgan fingerprint density at radius 2 is 1.95 bits per heavy atom. The summed E-state index contributed by atoms with van der Waals surface area (Å²) in [5.41, 5.74) is 0. The first-order valence-corrected chi connectivity index (χ1v) is 6.82. The van der Waals surface area contributed by atoms with Gasteiger partial charge in [-0.3, -0.25) is 10.1 Å². The Labute approximate surface area is 125 Å². The molecule has 2 aromatic heterocycles. The molecule has 0 bridgehead atoms. The molecule has 1 aliphatic rings. The highest BCUT2D eigenvalue weighted by Gasteiger charge is 2.26. The lowest BCUT2D eigenvalue weighted by molar-refractivity contribution is 0.0640. The van der Waals surface area contributed by atoms with Crippen LogP contribution in [0.15, 0.2) is 27.3 Å². The average molecular weight is 305 g/mol. The van der Waals surface area contributed by atoms with Crippen molar-refractivity contribution in [2.75, 3.05) is 31.5 Å². The second-order valence-electron chi connectivity index (χ2n) is 4.83. The Balaban J connectivity index is 1.53. The van der Waals surface area contributed by atoms with E-state index in [1.54, 1.807) is 28.9 Å². The summed E-state index contributed by atoms with van der Waals surface area (Å²) < 4.78 is 9.93. The number of rotatable bonds is 2. The summed E-state index contributed by atoms with van der Waals surface area (Å²) in [6.07, 6.45) is 1.46. The molecule has 9 nitrogen and oxygen atoms in total. The molecule has 22 heavy (non-hydrogen) atoms. The van der Waals surface area contributed by atoms with E-state index < -0.39 is 0 Å². The van der Waals surface area contributed by atoms with Gasteiger partial charge in [-0.15, -0.1) is 0 Å². The standard InChI is InChI=1S/C13H15N5O4/c1-9-14-12(22-16-9)15-13(20)18-6-4-17(5-7-18)11(19)10-3-2-8-21-10/h2-3,8H,4-7H2,1H3,(H,14,15,16,20). The largest absolute Gasteiger partial charge is 0.459 e. The molecule has 3 amide bonds. The fourth-order valence-electron chi connectivity index (χ4n) is 2.19. The number of furan rings is 1. The molecule has 0 aliphatic carbocycles. The highest BCUT2D eigenvalue weighted by atomic mass is 16.5. The van der Waals surface area contributed by atoms with E-state index in [1.165, 1.54) is 6.26 Å². The zero-order chi connectivity index (χ0) is 15.5. The number of nitrogens with zero attached hydrogens (tertiary/aromatic N) is 4. The molecule has 0 saturated carbocycles. The van der Waals surface area contributed by atoms with E-state index in [-0.39, 0.29) is 18.0 Å². The number of aromatic nitrogens is 2. The van der Waals surface area contributed by atoms with E-state index in [4.69, 9.17) is 8.94 Å². The normalized spacial score (nSPS) is 15.0. The van der Waals surface area contributed by atoms with Gasteiger partial charge in [0, 0.05) is 26.2 Å².